The minimum absolute atomic E-state index is 0.0298. The van der Waals surface area contributed by atoms with Crippen LogP contribution in [-0.4, -0.2) is 54.7 Å². The van der Waals surface area contributed by atoms with Crippen LogP contribution in [0.5, 0.6) is 0 Å². The number of hydrogen-bond acceptors (Lipinski definition) is 6. The van der Waals surface area contributed by atoms with Crippen LogP contribution in [0.1, 0.15) is 22.4 Å². The van der Waals surface area contributed by atoms with Gasteiger partial charge in [0.2, 0.25) is 0 Å². The molecule has 2 aromatic heterocycles. The molecular formula is C18H19N7O3. The number of non-ortho nitro benzene ring substituents is 1. The maximum absolute atomic E-state index is 13.1. The second kappa shape index (κ2) is 7.24. The quantitative estimate of drug-likeness (QED) is 0.539. The van der Waals surface area contributed by atoms with Gasteiger partial charge in [-0.3, -0.25) is 14.9 Å². The molecule has 0 spiro atoms. The zero-order valence-corrected chi connectivity index (χ0v) is 15.2. The molecule has 1 aromatic carbocycles. The molecule has 3 heterocycles. The highest BCUT2D eigenvalue weighted by molar-refractivity contribution is 5.92. The van der Waals surface area contributed by atoms with E-state index in [4.69, 9.17) is 0 Å². The van der Waals surface area contributed by atoms with Crippen LogP contribution in [0.15, 0.2) is 48.9 Å². The predicted molar refractivity (Wildman–Crippen MR) is 100 cm³/mol. The summed E-state index contributed by atoms with van der Waals surface area (Å²) in [4.78, 5) is 29.8. The van der Waals surface area contributed by atoms with Gasteiger partial charge in [0, 0.05) is 57.4 Å². The lowest BCUT2D eigenvalue weighted by molar-refractivity contribution is -0.384. The van der Waals surface area contributed by atoms with Crippen LogP contribution in [-0.2, 0) is 7.05 Å². The molecule has 1 saturated heterocycles. The second-order valence-corrected chi connectivity index (χ2v) is 6.54. The number of nitrogens with zero attached hydrogens (tertiary/aromatic N) is 6. The third kappa shape index (κ3) is 3.25. The van der Waals surface area contributed by atoms with Gasteiger partial charge in [-0.1, -0.05) is 6.07 Å². The molecule has 144 valence electrons. The lowest BCUT2D eigenvalue weighted by atomic mass is 10.1. The van der Waals surface area contributed by atoms with Gasteiger partial charge in [0.25, 0.3) is 11.6 Å². The number of piperazine rings is 1. The Morgan fingerprint density at radius 3 is 2.93 bits per heavy atom. The molecule has 1 atom stereocenters. The molecule has 0 bridgehead atoms. The molecule has 1 fully saturated rings. The van der Waals surface area contributed by atoms with E-state index in [-0.39, 0.29) is 23.3 Å². The summed E-state index contributed by atoms with van der Waals surface area (Å²) in [6, 6.07) is 7.56. The standard InChI is InChI=1S/C18H19N7O3/c1-22-9-7-20-17(22)16-12-19-6-10-23(16)18(26)15-5-8-24(21-15)13-3-2-4-14(11-13)25(27)28/h2-5,7-9,11,16,19H,6,10,12H2,1H3. The largest absolute Gasteiger partial charge is 0.336 e. The van der Waals surface area contributed by atoms with E-state index in [9.17, 15) is 14.9 Å². The summed E-state index contributed by atoms with van der Waals surface area (Å²) >= 11 is 0. The number of nitrogens with one attached hydrogen (secondary N) is 1. The van der Waals surface area contributed by atoms with Crippen LogP contribution in [0.25, 0.3) is 5.69 Å². The average Bonchev–Trinajstić information content (AvgIpc) is 3.37. The summed E-state index contributed by atoms with van der Waals surface area (Å²) in [6.45, 7) is 1.85. The van der Waals surface area contributed by atoms with Crippen LogP contribution in [0, 0.1) is 10.1 Å². The summed E-state index contributed by atoms with van der Waals surface area (Å²) < 4.78 is 3.37. The summed E-state index contributed by atoms with van der Waals surface area (Å²) in [7, 11) is 1.90. The number of rotatable bonds is 4. The van der Waals surface area contributed by atoms with Crippen molar-refractivity contribution < 1.29 is 9.72 Å². The number of benzene rings is 1. The molecule has 0 radical (unpaired) electrons. The molecular weight excluding hydrogens is 362 g/mol. The van der Waals surface area contributed by atoms with Gasteiger partial charge in [0.15, 0.2) is 5.69 Å². The Morgan fingerprint density at radius 2 is 2.18 bits per heavy atom. The summed E-state index contributed by atoms with van der Waals surface area (Å²) in [6.07, 6.45) is 5.19. The minimum Gasteiger partial charge on any atom is -0.336 e. The lowest BCUT2D eigenvalue weighted by Crippen LogP contribution is -2.49. The fraction of sp³-hybridized carbons (Fsp3) is 0.278. The average molecular weight is 381 g/mol. The van der Waals surface area contributed by atoms with Gasteiger partial charge in [-0.15, -0.1) is 0 Å². The van der Waals surface area contributed by atoms with Crippen LogP contribution in [0.2, 0.25) is 0 Å². The Kier molecular flexibility index (Phi) is 4.62. The molecule has 4 rings (SSSR count). The van der Waals surface area contributed by atoms with Gasteiger partial charge in [-0.25, -0.2) is 9.67 Å². The van der Waals surface area contributed by atoms with Gasteiger partial charge >= 0.3 is 0 Å². The van der Waals surface area contributed by atoms with E-state index >= 15 is 0 Å². The molecule has 28 heavy (non-hydrogen) atoms. The van der Waals surface area contributed by atoms with Crippen LogP contribution in [0.4, 0.5) is 5.69 Å². The summed E-state index contributed by atoms with van der Waals surface area (Å²) in [5.74, 6) is 0.609. The van der Waals surface area contributed by atoms with Crippen LogP contribution < -0.4 is 5.32 Å². The first-order valence-corrected chi connectivity index (χ1v) is 8.84. The molecule has 1 unspecified atom stereocenters. The molecule has 1 N–H and O–H groups in total. The highest BCUT2D eigenvalue weighted by atomic mass is 16.6. The van der Waals surface area contributed by atoms with E-state index in [2.05, 4.69) is 15.4 Å². The highest BCUT2D eigenvalue weighted by Gasteiger charge is 2.32. The van der Waals surface area contributed by atoms with Gasteiger partial charge in [0.1, 0.15) is 11.9 Å². The van der Waals surface area contributed by atoms with Crippen molar-refractivity contribution in [3.63, 3.8) is 0 Å². The molecule has 1 aliphatic heterocycles. The number of carbonyl (C=O) groups excluding carboxylic acids is 1. The molecule has 1 aliphatic rings. The fourth-order valence-corrected chi connectivity index (χ4v) is 3.35. The van der Waals surface area contributed by atoms with E-state index in [0.29, 0.717) is 25.3 Å². The molecule has 10 heteroatoms. The fourth-order valence-electron chi connectivity index (χ4n) is 3.35. The minimum atomic E-state index is -0.461. The number of carbonyl (C=O) groups is 1. The Hall–Kier alpha value is -3.53. The zero-order chi connectivity index (χ0) is 19.7. The first kappa shape index (κ1) is 17.9. The van der Waals surface area contributed by atoms with Crippen LogP contribution in [0.3, 0.4) is 0 Å². The maximum atomic E-state index is 13.1. The first-order chi connectivity index (χ1) is 13.5. The van der Waals surface area contributed by atoms with E-state index in [1.54, 1.807) is 35.5 Å². The molecule has 3 aromatic rings. The molecule has 0 saturated carbocycles. The lowest BCUT2D eigenvalue weighted by Gasteiger charge is -2.35. The van der Waals surface area contributed by atoms with Crippen molar-refractivity contribution in [3.8, 4) is 5.69 Å². The second-order valence-electron chi connectivity index (χ2n) is 6.54. The van der Waals surface area contributed by atoms with Crippen molar-refractivity contribution in [2.24, 2.45) is 7.05 Å². The predicted octanol–water partition coefficient (Wildman–Crippen LogP) is 1.30. The molecule has 1 amide bonds. The van der Waals surface area contributed by atoms with E-state index < -0.39 is 4.92 Å². The van der Waals surface area contributed by atoms with Crippen molar-refractivity contribution in [3.05, 3.63) is 70.6 Å². The normalized spacial score (nSPS) is 16.9. The van der Waals surface area contributed by atoms with E-state index in [1.807, 2.05) is 17.8 Å². The summed E-state index contributed by atoms with van der Waals surface area (Å²) in [5, 5.41) is 18.6. The third-order valence-electron chi connectivity index (χ3n) is 4.77. The number of imidazole rings is 1. The van der Waals surface area contributed by atoms with Gasteiger partial charge in [-0.05, 0) is 12.1 Å². The number of nitro groups is 1. The van der Waals surface area contributed by atoms with Crippen molar-refractivity contribution in [2.45, 2.75) is 6.04 Å². The Morgan fingerprint density at radius 1 is 1.32 bits per heavy atom. The smallest absolute Gasteiger partial charge is 0.275 e. The topological polar surface area (TPSA) is 111 Å². The van der Waals surface area contributed by atoms with Gasteiger partial charge in [-0.2, -0.15) is 5.10 Å². The number of hydrogen-bond donors (Lipinski definition) is 1. The van der Waals surface area contributed by atoms with Crippen molar-refractivity contribution in [1.82, 2.24) is 29.5 Å². The monoisotopic (exact) mass is 381 g/mol. The Labute approximate surface area is 160 Å². The van der Waals surface area contributed by atoms with Crippen molar-refractivity contribution in [1.29, 1.82) is 0 Å². The van der Waals surface area contributed by atoms with E-state index in [0.717, 1.165) is 5.82 Å². The number of aryl methyl sites for hydroxylation is 1. The zero-order valence-electron chi connectivity index (χ0n) is 15.2. The summed E-state index contributed by atoms with van der Waals surface area (Å²) in [5.41, 5.74) is 0.777. The SMILES string of the molecule is Cn1ccnc1C1CNCCN1C(=O)c1ccn(-c2cccc([N+](=O)[O-])c2)n1. The first-order valence-electron chi connectivity index (χ1n) is 8.84. The third-order valence-corrected chi connectivity index (χ3v) is 4.77. The highest BCUT2D eigenvalue weighted by Crippen LogP contribution is 2.23. The molecule has 0 aliphatic carbocycles. The number of amides is 1. The maximum Gasteiger partial charge on any atom is 0.275 e. The van der Waals surface area contributed by atoms with Crippen LogP contribution >= 0.6 is 0 Å². The van der Waals surface area contributed by atoms with E-state index in [1.165, 1.54) is 16.8 Å². The van der Waals surface area contributed by atoms with Gasteiger partial charge in [0.05, 0.1) is 10.6 Å². The number of aromatic nitrogens is 4. The number of nitro benzene ring substituents is 1. The molecule has 10 nitrogen and oxygen atoms in total. The van der Waals surface area contributed by atoms with Gasteiger partial charge < -0.3 is 14.8 Å². The Balaban J connectivity index is 1.61. The van der Waals surface area contributed by atoms with Crippen molar-refractivity contribution in [2.75, 3.05) is 19.6 Å². The Bertz CT molecular complexity index is 1030. The van der Waals surface area contributed by atoms with Crippen molar-refractivity contribution >= 4 is 11.6 Å².